The van der Waals surface area contributed by atoms with Crippen molar-refractivity contribution in [2.24, 2.45) is 7.05 Å². The number of methoxy groups -OCH3 is 1. The fraction of sp³-hybridized carbons (Fsp3) is 0.478. The van der Waals surface area contributed by atoms with Crippen LogP contribution in [0.2, 0.25) is 5.02 Å². The Labute approximate surface area is 198 Å². The van der Waals surface area contributed by atoms with Gasteiger partial charge in [0.2, 0.25) is 0 Å². The lowest BCUT2D eigenvalue weighted by atomic mass is 10.2. The molecule has 1 aromatic carbocycles. The smallest absolute Gasteiger partial charge is 0.303 e. The van der Waals surface area contributed by atoms with E-state index in [0.717, 1.165) is 35.1 Å². The van der Waals surface area contributed by atoms with Crippen LogP contribution in [0.5, 0.6) is 5.75 Å². The number of rotatable bonds is 13. The first-order valence-electron chi connectivity index (χ1n) is 11.0. The maximum absolute atomic E-state index is 10.6. The summed E-state index contributed by atoms with van der Waals surface area (Å²) in [5.41, 5.74) is 3.56. The second-order valence-electron chi connectivity index (χ2n) is 7.73. The number of aliphatic carboxylic acids is 1. The van der Waals surface area contributed by atoms with Crippen LogP contribution < -0.4 is 10.1 Å². The maximum atomic E-state index is 10.6. The predicted octanol–water partition coefficient (Wildman–Crippen LogP) is 4.36. The van der Waals surface area contributed by atoms with Crippen molar-refractivity contribution < 1.29 is 19.4 Å². The van der Waals surface area contributed by atoms with Gasteiger partial charge in [-0.2, -0.15) is 5.10 Å². The molecule has 10 heteroatoms. The highest BCUT2D eigenvalue weighted by Gasteiger charge is 2.17. The van der Waals surface area contributed by atoms with E-state index >= 15 is 0 Å². The van der Waals surface area contributed by atoms with Crippen LogP contribution in [-0.4, -0.2) is 44.5 Å². The number of fused-ring (bicyclic) bond motifs is 1. The number of carboxylic acids is 1. The minimum Gasteiger partial charge on any atom is -0.495 e. The topological polar surface area (TPSA) is 111 Å². The number of nitrogens with zero attached hydrogens (tertiary/aromatic N) is 4. The number of benzene rings is 1. The molecule has 2 heterocycles. The molecule has 0 radical (unpaired) electrons. The number of carboxylic acid groups (broad SMARTS) is 1. The summed E-state index contributed by atoms with van der Waals surface area (Å²) in [5.74, 6) is 1.07. The van der Waals surface area contributed by atoms with Crippen molar-refractivity contribution in [3.63, 3.8) is 0 Å². The molecule has 9 nitrogen and oxygen atoms in total. The molecule has 0 saturated heterocycles. The Kier molecular flexibility index (Phi) is 8.85. The Hall–Kier alpha value is -2.91. The molecule has 0 saturated carbocycles. The zero-order chi connectivity index (χ0) is 23.8. The molecule has 0 atom stereocenters. The Morgan fingerprint density at radius 1 is 1.27 bits per heavy atom. The molecular formula is C23H30ClN5O4. The van der Waals surface area contributed by atoms with E-state index in [1.165, 1.54) is 0 Å². The first-order chi connectivity index (χ1) is 15.9. The number of unbranched alkanes of at least 4 members (excludes halogenated alkanes) is 1. The molecule has 0 fully saturated rings. The Balaban J connectivity index is 1.79. The van der Waals surface area contributed by atoms with Gasteiger partial charge in [-0.25, -0.2) is 9.97 Å². The highest BCUT2D eigenvalue weighted by molar-refractivity contribution is 6.32. The SMILES string of the molecule is CCCc1nn(C)c2c(NCc3ccc(OC)c(Cl)c3)nc(COCCCCC(=O)O)nc12. The molecule has 0 bridgehead atoms. The number of anilines is 1. The lowest BCUT2D eigenvalue weighted by Crippen LogP contribution is -2.08. The van der Waals surface area contributed by atoms with Crippen molar-refractivity contribution in [1.29, 1.82) is 0 Å². The Morgan fingerprint density at radius 2 is 2.09 bits per heavy atom. The molecular weight excluding hydrogens is 446 g/mol. The second-order valence-corrected chi connectivity index (χ2v) is 8.14. The standard InChI is InChI=1S/C23H30ClN5O4/c1-4-7-17-21-22(29(2)28-17)23(25-13-15-9-10-18(32-3)16(24)12-15)27-19(26-21)14-33-11-6-5-8-20(30)31/h9-10,12H,4-8,11,13-14H2,1-3H3,(H,30,31)(H,25,26,27). The minimum atomic E-state index is -0.794. The van der Waals surface area contributed by atoms with Crippen LogP contribution in [0.25, 0.3) is 11.0 Å². The van der Waals surface area contributed by atoms with Crippen molar-refractivity contribution >= 4 is 34.4 Å². The molecule has 2 aromatic heterocycles. The normalized spacial score (nSPS) is 11.2. The molecule has 0 unspecified atom stereocenters. The van der Waals surface area contributed by atoms with Gasteiger partial charge < -0.3 is 19.9 Å². The second kappa shape index (κ2) is 11.8. The first-order valence-corrected chi connectivity index (χ1v) is 11.4. The zero-order valence-electron chi connectivity index (χ0n) is 19.2. The average molecular weight is 476 g/mol. The van der Waals surface area contributed by atoms with E-state index in [1.807, 2.05) is 25.2 Å². The molecule has 0 spiro atoms. The van der Waals surface area contributed by atoms with Gasteiger partial charge in [-0.05, 0) is 37.0 Å². The van der Waals surface area contributed by atoms with Crippen molar-refractivity contribution in [3.8, 4) is 5.75 Å². The molecule has 33 heavy (non-hydrogen) atoms. The monoisotopic (exact) mass is 475 g/mol. The van der Waals surface area contributed by atoms with E-state index in [2.05, 4.69) is 17.3 Å². The van der Waals surface area contributed by atoms with Crippen LogP contribution in [0.3, 0.4) is 0 Å². The lowest BCUT2D eigenvalue weighted by molar-refractivity contribution is -0.137. The number of aryl methyl sites for hydroxylation is 2. The van der Waals surface area contributed by atoms with Crippen molar-refractivity contribution in [1.82, 2.24) is 19.7 Å². The third-order valence-electron chi connectivity index (χ3n) is 5.12. The van der Waals surface area contributed by atoms with Gasteiger partial charge in [-0.15, -0.1) is 0 Å². The molecule has 3 aromatic rings. The van der Waals surface area contributed by atoms with Crippen molar-refractivity contribution in [2.45, 2.75) is 52.2 Å². The van der Waals surface area contributed by atoms with Crippen molar-refractivity contribution in [3.05, 3.63) is 40.3 Å². The number of hydrogen-bond donors (Lipinski definition) is 2. The highest BCUT2D eigenvalue weighted by atomic mass is 35.5. The van der Waals surface area contributed by atoms with Gasteiger partial charge in [-0.3, -0.25) is 9.48 Å². The summed E-state index contributed by atoms with van der Waals surface area (Å²) in [6.45, 7) is 3.32. The van der Waals surface area contributed by atoms with Crippen LogP contribution in [0, 0.1) is 0 Å². The molecule has 0 aliphatic rings. The maximum Gasteiger partial charge on any atom is 0.303 e. The van der Waals surface area contributed by atoms with Crippen LogP contribution in [0.4, 0.5) is 5.82 Å². The minimum absolute atomic E-state index is 0.144. The summed E-state index contributed by atoms with van der Waals surface area (Å²) in [4.78, 5) is 20.0. The molecule has 3 rings (SSSR count). The van der Waals surface area contributed by atoms with Gasteiger partial charge in [0.25, 0.3) is 0 Å². The number of halogens is 1. The number of aromatic nitrogens is 4. The van der Waals surface area contributed by atoms with Gasteiger partial charge in [0, 0.05) is 26.6 Å². The van der Waals surface area contributed by atoms with E-state index in [9.17, 15) is 4.79 Å². The summed E-state index contributed by atoms with van der Waals surface area (Å²) in [6.07, 6.45) is 3.17. The summed E-state index contributed by atoms with van der Waals surface area (Å²) in [6, 6.07) is 5.64. The number of ether oxygens (including phenoxy) is 2. The molecule has 178 valence electrons. The molecule has 2 N–H and O–H groups in total. The quantitative estimate of drug-likeness (QED) is 0.351. The van der Waals surface area contributed by atoms with Gasteiger partial charge in [0.05, 0.1) is 17.8 Å². The van der Waals surface area contributed by atoms with E-state index in [1.54, 1.807) is 11.8 Å². The van der Waals surface area contributed by atoms with Gasteiger partial charge in [0.15, 0.2) is 11.6 Å². The lowest BCUT2D eigenvalue weighted by Gasteiger charge is -2.11. The number of hydrogen-bond acceptors (Lipinski definition) is 7. The summed E-state index contributed by atoms with van der Waals surface area (Å²) >= 11 is 6.26. The van der Waals surface area contributed by atoms with Crippen molar-refractivity contribution in [2.75, 3.05) is 19.0 Å². The van der Waals surface area contributed by atoms with Crippen LogP contribution >= 0.6 is 11.6 Å². The summed E-state index contributed by atoms with van der Waals surface area (Å²) in [5, 5.41) is 17.3. The van der Waals surface area contributed by atoms with E-state index < -0.39 is 5.97 Å². The summed E-state index contributed by atoms with van der Waals surface area (Å²) < 4.78 is 12.7. The fourth-order valence-corrected chi connectivity index (χ4v) is 3.81. The molecule has 0 aliphatic carbocycles. The first kappa shape index (κ1) is 24.7. The Morgan fingerprint density at radius 3 is 2.79 bits per heavy atom. The van der Waals surface area contributed by atoms with E-state index in [-0.39, 0.29) is 13.0 Å². The highest BCUT2D eigenvalue weighted by Crippen LogP contribution is 2.27. The van der Waals surface area contributed by atoms with Crippen LogP contribution in [0.1, 0.15) is 49.7 Å². The fourth-order valence-electron chi connectivity index (χ4n) is 3.53. The number of nitrogens with one attached hydrogen (secondary N) is 1. The molecule has 0 aliphatic heterocycles. The van der Waals surface area contributed by atoms with E-state index in [0.29, 0.717) is 48.4 Å². The summed E-state index contributed by atoms with van der Waals surface area (Å²) in [7, 11) is 3.47. The van der Waals surface area contributed by atoms with Gasteiger partial charge >= 0.3 is 5.97 Å². The third-order valence-corrected chi connectivity index (χ3v) is 5.42. The average Bonchev–Trinajstić information content (AvgIpc) is 3.10. The predicted molar refractivity (Wildman–Crippen MR) is 127 cm³/mol. The van der Waals surface area contributed by atoms with Gasteiger partial charge in [0.1, 0.15) is 23.4 Å². The van der Waals surface area contributed by atoms with Gasteiger partial charge in [-0.1, -0.05) is 31.0 Å². The van der Waals surface area contributed by atoms with Crippen LogP contribution in [0.15, 0.2) is 18.2 Å². The Bertz CT molecular complexity index is 1100. The van der Waals surface area contributed by atoms with E-state index in [4.69, 9.17) is 36.1 Å². The largest absolute Gasteiger partial charge is 0.495 e. The van der Waals surface area contributed by atoms with Crippen LogP contribution in [-0.2, 0) is 36.2 Å². The molecule has 0 amide bonds. The number of carbonyl (C=O) groups is 1. The zero-order valence-corrected chi connectivity index (χ0v) is 20.0. The third kappa shape index (κ3) is 6.55.